The molecule has 0 spiro atoms. The zero-order valence-corrected chi connectivity index (χ0v) is 18.9. The van der Waals surface area contributed by atoms with Crippen LogP contribution in [0.25, 0.3) is 21.8 Å². The van der Waals surface area contributed by atoms with Gasteiger partial charge in [0.1, 0.15) is 5.75 Å². The summed E-state index contributed by atoms with van der Waals surface area (Å²) < 4.78 is 9.90. The number of benzene rings is 3. The van der Waals surface area contributed by atoms with Crippen molar-refractivity contribution in [3.63, 3.8) is 0 Å². The van der Waals surface area contributed by atoms with E-state index in [2.05, 4.69) is 85.0 Å². The molecule has 1 aromatic heterocycles. The van der Waals surface area contributed by atoms with E-state index in [9.17, 15) is 0 Å². The monoisotopic (exact) mass is 503 g/mol. The van der Waals surface area contributed by atoms with Gasteiger partial charge in [0.15, 0.2) is 0 Å². The quantitative estimate of drug-likeness (QED) is 0.199. The molecule has 0 aliphatic carbocycles. The number of methoxy groups -OCH3 is 1. The van der Waals surface area contributed by atoms with Gasteiger partial charge < -0.3 is 9.30 Å². The molecule has 27 heavy (non-hydrogen) atoms. The van der Waals surface area contributed by atoms with Gasteiger partial charge in [0.2, 0.25) is 0 Å². The molecule has 0 saturated heterocycles. The van der Waals surface area contributed by atoms with Gasteiger partial charge in [0, 0.05) is 42.2 Å². The van der Waals surface area contributed by atoms with Gasteiger partial charge in [0.05, 0.1) is 7.11 Å². The van der Waals surface area contributed by atoms with Crippen molar-refractivity contribution >= 4 is 65.4 Å². The lowest BCUT2D eigenvalue weighted by atomic mass is 10.2. The minimum atomic E-state index is 0.905. The first kappa shape index (κ1) is 18.9. The van der Waals surface area contributed by atoms with Crippen LogP contribution in [-0.2, 0) is 6.54 Å². The van der Waals surface area contributed by atoms with Crippen LogP contribution in [0.5, 0.6) is 5.75 Å². The van der Waals surface area contributed by atoms with Crippen molar-refractivity contribution in [1.82, 2.24) is 4.57 Å². The van der Waals surface area contributed by atoms with Gasteiger partial charge >= 0.3 is 0 Å². The maximum absolute atomic E-state index is 5.22. The number of aryl methyl sites for hydroxylation is 1. The van der Waals surface area contributed by atoms with Gasteiger partial charge in [-0.25, -0.2) is 0 Å². The molecule has 2 nitrogen and oxygen atoms in total. The second-order valence-electron chi connectivity index (χ2n) is 6.35. The maximum Gasteiger partial charge on any atom is 0.118 e. The normalized spacial score (nSPS) is 11.4. The molecule has 138 valence electrons. The highest BCUT2D eigenvalue weighted by Gasteiger charge is 2.11. The molecule has 5 heteroatoms. The van der Waals surface area contributed by atoms with E-state index in [0.29, 0.717) is 0 Å². The summed E-state index contributed by atoms with van der Waals surface area (Å²) in [6.45, 7) is 1.01. The van der Waals surface area contributed by atoms with E-state index < -0.39 is 0 Å². The fourth-order valence-corrected chi connectivity index (χ4v) is 4.93. The minimum Gasteiger partial charge on any atom is -0.497 e. The number of hydrogen-bond donors (Lipinski definition) is 0. The zero-order valence-electron chi connectivity index (χ0n) is 14.9. The topological polar surface area (TPSA) is 14.2 Å². The van der Waals surface area contributed by atoms with E-state index in [-0.39, 0.29) is 0 Å². The van der Waals surface area contributed by atoms with Crippen LogP contribution in [-0.4, -0.2) is 17.4 Å². The highest BCUT2D eigenvalue weighted by molar-refractivity contribution is 9.10. The van der Waals surface area contributed by atoms with Crippen LogP contribution in [0.4, 0.5) is 0 Å². The van der Waals surface area contributed by atoms with Crippen LogP contribution < -0.4 is 4.74 Å². The summed E-state index contributed by atoms with van der Waals surface area (Å²) in [5.41, 5.74) is 2.58. The van der Waals surface area contributed by atoms with Crippen LogP contribution in [0.2, 0.25) is 0 Å². The number of aromatic nitrogens is 1. The molecule has 0 fully saturated rings. The third-order valence-corrected chi connectivity index (χ3v) is 6.73. The van der Waals surface area contributed by atoms with E-state index in [0.717, 1.165) is 33.4 Å². The Labute approximate surface area is 180 Å². The Morgan fingerprint density at radius 1 is 0.852 bits per heavy atom. The van der Waals surface area contributed by atoms with Crippen molar-refractivity contribution in [2.45, 2.75) is 17.9 Å². The Kier molecular flexibility index (Phi) is 5.81. The molecule has 0 N–H and O–H groups in total. The van der Waals surface area contributed by atoms with Gasteiger partial charge in [0.25, 0.3) is 0 Å². The third kappa shape index (κ3) is 4.05. The largest absolute Gasteiger partial charge is 0.497 e. The predicted octanol–water partition coefficient (Wildman–Crippen LogP) is 7.51. The Balaban J connectivity index is 1.54. The molecule has 4 aromatic rings. The van der Waals surface area contributed by atoms with Crippen LogP contribution in [0.15, 0.2) is 74.5 Å². The van der Waals surface area contributed by atoms with Crippen molar-refractivity contribution in [2.24, 2.45) is 0 Å². The molecule has 0 amide bonds. The highest BCUT2D eigenvalue weighted by atomic mass is 79.9. The Morgan fingerprint density at radius 2 is 1.44 bits per heavy atom. The first-order valence-electron chi connectivity index (χ1n) is 8.79. The fourth-order valence-electron chi connectivity index (χ4n) is 3.37. The summed E-state index contributed by atoms with van der Waals surface area (Å²) in [4.78, 5) is 1.28. The molecule has 0 unspecified atom stereocenters. The van der Waals surface area contributed by atoms with Gasteiger partial charge in [-0.15, -0.1) is 11.8 Å². The lowest BCUT2D eigenvalue weighted by molar-refractivity contribution is 0.414. The summed E-state index contributed by atoms with van der Waals surface area (Å²) in [5, 5.41) is 2.59. The lowest BCUT2D eigenvalue weighted by Crippen LogP contribution is -1.98. The van der Waals surface area contributed by atoms with E-state index >= 15 is 0 Å². The van der Waals surface area contributed by atoms with Crippen LogP contribution in [0, 0.1) is 0 Å². The van der Waals surface area contributed by atoms with Crippen molar-refractivity contribution in [1.29, 1.82) is 0 Å². The fraction of sp³-hybridized carbons (Fsp3) is 0.182. The van der Waals surface area contributed by atoms with Crippen LogP contribution in [0.3, 0.4) is 0 Å². The highest BCUT2D eigenvalue weighted by Crippen LogP contribution is 2.33. The minimum absolute atomic E-state index is 0.905. The maximum atomic E-state index is 5.22. The first-order chi connectivity index (χ1) is 13.2. The Hall–Kier alpha value is -1.43. The first-order valence-corrected chi connectivity index (χ1v) is 11.4. The van der Waals surface area contributed by atoms with E-state index in [1.807, 2.05) is 23.9 Å². The summed E-state index contributed by atoms with van der Waals surface area (Å²) in [6.07, 6.45) is 1.11. The standard InChI is InChI=1S/C22H19Br2NOS/c1-26-17-5-7-18(8-6-17)27-12-2-11-25-21-9-3-15(23)13-19(21)20-14-16(24)4-10-22(20)25/h3-10,13-14H,2,11-12H2,1H3. The molecular formula is C22H19Br2NOS. The van der Waals surface area contributed by atoms with E-state index in [4.69, 9.17) is 4.74 Å². The molecule has 4 rings (SSSR count). The second-order valence-corrected chi connectivity index (χ2v) is 9.35. The van der Waals surface area contributed by atoms with Gasteiger partial charge in [-0.1, -0.05) is 31.9 Å². The molecule has 0 radical (unpaired) electrons. The number of thioether (sulfide) groups is 1. The second kappa shape index (κ2) is 8.29. The van der Waals surface area contributed by atoms with Gasteiger partial charge in [-0.3, -0.25) is 0 Å². The smallest absolute Gasteiger partial charge is 0.118 e. The van der Waals surface area contributed by atoms with Crippen molar-refractivity contribution in [2.75, 3.05) is 12.9 Å². The molecule has 1 heterocycles. The molecule has 3 aromatic carbocycles. The molecule has 0 bridgehead atoms. The zero-order chi connectivity index (χ0) is 18.8. The number of hydrogen-bond acceptors (Lipinski definition) is 2. The number of halogens is 2. The van der Waals surface area contributed by atoms with Crippen molar-refractivity contribution in [3.8, 4) is 5.75 Å². The van der Waals surface area contributed by atoms with Crippen LogP contribution >= 0.6 is 43.6 Å². The Bertz CT molecular complexity index is 1030. The summed E-state index contributed by atoms with van der Waals surface area (Å²) in [6, 6.07) is 21.4. The summed E-state index contributed by atoms with van der Waals surface area (Å²) >= 11 is 9.12. The number of nitrogens with zero attached hydrogens (tertiary/aromatic N) is 1. The molecular weight excluding hydrogens is 486 g/mol. The number of rotatable bonds is 6. The van der Waals surface area contributed by atoms with Gasteiger partial charge in [-0.2, -0.15) is 0 Å². The lowest BCUT2D eigenvalue weighted by Gasteiger charge is -2.08. The number of fused-ring (bicyclic) bond motifs is 3. The van der Waals surface area contributed by atoms with Gasteiger partial charge in [-0.05, 0) is 72.8 Å². The van der Waals surface area contributed by atoms with Crippen molar-refractivity contribution in [3.05, 3.63) is 69.6 Å². The van der Waals surface area contributed by atoms with E-state index in [1.165, 1.54) is 26.7 Å². The molecule has 0 atom stereocenters. The molecule has 0 aliphatic heterocycles. The predicted molar refractivity (Wildman–Crippen MR) is 123 cm³/mol. The van der Waals surface area contributed by atoms with Crippen molar-refractivity contribution < 1.29 is 4.74 Å². The summed E-state index contributed by atoms with van der Waals surface area (Å²) in [7, 11) is 1.70. The third-order valence-electron chi connectivity index (χ3n) is 4.64. The summed E-state index contributed by atoms with van der Waals surface area (Å²) in [5.74, 6) is 1.99. The SMILES string of the molecule is COc1ccc(SCCCn2c3ccc(Br)cc3c3cc(Br)ccc32)cc1. The molecule has 0 aliphatic rings. The average Bonchev–Trinajstić information content (AvgIpc) is 2.98. The van der Waals surface area contributed by atoms with Crippen LogP contribution in [0.1, 0.15) is 6.42 Å². The number of ether oxygens (including phenoxy) is 1. The Morgan fingerprint density at radius 3 is 2.00 bits per heavy atom. The average molecular weight is 505 g/mol. The molecule has 0 saturated carbocycles. The van der Waals surface area contributed by atoms with E-state index in [1.54, 1.807) is 7.11 Å².